The van der Waals surface area contributed by atoms with Crippen LogP contribution in [0.25, 0.3) is 0 Å². The van der Waals surface area contributed by atoms with Crippen LogP contribution in [0.15, 0.2) is 36.4 Å². The van der Waals surface area contributed by atoms with Gasteiger partial charge in [0.05, 0.1) is 7.11 Å². The van der Waals surface area contributed by atoms with Crippen molar-refractivity contribution in [2.45, 2.75) is 19.9 Å². The Labute approximate surface area is 92.0 Å². The Hall–Kier alpha value is -1.28. The fourth-order valence-corrected chi connectivity index (χ4v) is 1.35. The third kappa shape index (κ3) is 3.76. The molecule has 0 amide bonds. The first-order chi connectivity index (χ1) is 7.27. The number of methoxy groups -OCH3 is 1. The Morgan fingerprint density at radius 1 is 1.40 bits per heavy atom. The fraction of sp³-hybridized carbons (Fsp3) is 0.385. The number of hydrogen-bond donors (Lipinski definition) is 1. The predicted octanol–water partition coefficient (Wildman–Crippen LogP) is 2.75. The molecule has 0 fully saturated rings. The molecule has 0 radical (unpaired) electrons. The summed E-state index contributed by atoms with van der Waals surface area (Å²) in [7, 11) is 1.70. The minimum atomic E-state index is 0.822. The highest BCUT2D eigenvalue weighted by Crippen LogP contribution is 2.16. The molecule has 0 aliphatic heterocycles. The highest BCUT2D eigenvalue weighted by atomic mass is 16.5. The minimum absolute atomic E-state index is 0.822. The van der Waals surface area contributed by atoms with Crippen LogP contribution in [0.3, 0.4) is 0 Å². The van der Waals surface area contributed by atoms with Gasteiger partial charge in [-0.05, 0) is 12.5 Å². The van der Waals surface area contributed by atoms with E-state index in [1.165, 1.54) is 11.1 Å². The summed E-state index contributed by atoms with van der Waals surface area (Å²) in [5.41, 5.74) is 2.41. The summed E-state index contributed by atoms with van der Waals surface area (Å²) in [5, 5.41) is 3.35. The Kier molecular flexibility index (Phi) is 4.91. The van der Waals surface area contributed by atoms with E-state index in [4.69, 9.17) is 4.74 Å². The lowest BCUT2D eigenvalue weighted by molar-refractivity contribution is 0.408. The predicted molar refractivity (Wildman–Crippen MR) is 64.1 cm³/mol. The molecule has 0 unspecified atom stereocenters. The number of ether oxygens (including phenoxy) is 1. The van der Waals surface area contributed by atoms with Gasteiger partial charge in [-0.25, -0.2) is 0 Å². The Morgan fingerprint density at radius 3 is 2.80 bits per heavy atom. The van der Waals surface area contributed by atoms with Gasteiger partial charge in [0.15, 0.2) is 0 Å². The lowest BCUT2D eigenvalue weighted by Crippen LogP contribution is -2.16. The Bertz CT molecular complexity index is 320. The normalized spacial score (nSPS) is 10.0. The maximum Gasteiger partial charge on any atom is 0.123 e. The van der Waals surface area contributed by atoms with Crippen LogP contribution in [-0.2, 0) is 6.54 Å². The van der Waals surface area contributed by atoms with Gasteiger partial charge in [-0.2, -0.15) is 0 Å². The van der Waals surface area contributed by atoms with Gasteiger partial charge in [0.25, 0.3) is 0 Å². The number of para-hydroxylation sites is 1. The molecule has 0 aliphatic rings. The van der Waals surface area contributed by atoms with Crippen LogP contribution in [0.1, 0.15) is 18.9 Å². The monoisotopic (exact) mass is 205 g/mol. The maximum absolute atomic E-state index is 5.27. The van der Waals surface area contributed by atoms with Crippen molar-refractivity contribution in [1.82, 2.24) is 5.32 Å². The standard InChI is InChI=1S/C13H19NO/c1-4-11(2)9-14-10-12-7-5-6-8-13(12)15-3/h5-8,14H,2,4,9-10H2,1,3H3. The molecule has 2 nitrogen and oxygen atoms in total. The van der Waals surface area contributed by atoms with E-state index in [9.17, 15) is 0 Å². The van der Waals surface area contributed by atoms with Gasteiger partial charge >= 0.3 is 0 Å². The van der Waals surface area contributed by atoms with Crippen LogP contribution in [0, 0.1) is 0 Å². The highest BCUT2D eigenvalue weighted by Gasteiger charge is 2.00. The van der Waals surface area contributed by atoms with Gasteiger partial charge in [-0.15, -0.1) is 0 Å². The largest absolute Gasteiger partial charge is 0.496 e. The Morgan fingerprint density at radius 2 is 2.13 bits per heavy atom. The summed E-state index contributed by atoms with van der Waals surface area (Å²) in [6.07, 6.45) is 1.03. The zero-order valence-corrected chi connectivity index (χ0v) is 9.55. The zero-order chi connectivity index (χ0) is 11.1. The van der Waals surface area contributed by atoms with Crippen LogP contribution in [0.2, 0.25) is 0 Å². The first-order valence-corrected chi connectivity index (χ1v) is 5.27. The number of nitrogens with one attached hydrogen (secondary N) is 1. The second kappa shape index (κ2) is 6.25. The molecule has 1 rings (SSSR count). The van der Waals surface area contributed by atoms with Crippen molar-refractivity contribution in [1.29, 1.82) is 0 Å². The second-order valence-electron chi connectivity index (χ2n) is 3.52. The van der Waals surface area contributed by atoms with Crippen LogP contribution >= 0.6 is 0 Å². The smallest absolute Gasteiger partial charge is 0.123 e. The van der Waals surface area contributed by atoms with Crippen LogP contribution in [0.4, 0.5) is 0 Å². The van der Waals surface area contributed by atoms with Crippen LogP contribution in [-0.4, -0.2) is 13.7 Å². The average Bonchev–Trinajstić information content (AvgIpc) is 2.29. The molecule has 0 spiro atoms. The molecule has 0 bridgehead atoms. The van der Waals surface area contributed by atoms with Gasteiger partial charge in [0, 0.05) is 18.7 Å². The van der Waals surface area contributed by atoms with Crippen molar-refractivity contribution in [2.75, 3.05) is 13.7 Å². The topological polar surface area (TPSA) is 21.3 Å². The summed E-state index contributed by atoms with van der Waals surface area (Å²) in [5.74, 6) is 0.937. The molecule has 0 aromatic heterocycles. The van der Waals surface area contributed by atoms with Crippen LogP contribution in [0.5, 0.6) is 5.75 Å². The van der Waals surface area contributed by atoms with E-state index < -0.39 is 0 Å². The average molecular weight is 205 g/mol. The van der Waals surface area contributed by atoms with E-state index in [-0.39, 0.29) is 0 Å². The number of rotatable bonds is 6. The molecule has 1 N–H and O–H groups in total. The zero-order valence-electron chi connectivity index (χ0n) is 9.55. The van der Waals surface area contributed by atoms with Crippen molar-refractivity contribution in [2.24, 2.45) is 0 Å². The molecule has 2 heteroatoms. The molecule has 1 aromatic rings. The first kappa shape index (κ1) is 11.8. The van der Waals surface area contributed by atoms with Crippen molar-refractivity contribution in [3.63, 3.8) is 0 Å². The van der Waals surface area contributed by atoms with Crippen LogP contribution < -0.4 is 10.1 Å². The number of hydrogen-bond acceptors (Lipinski definition) is 2. The van der Waals surface area contributed by atoms with E-state index in [2.05, 4.69) is 24.9 Å². The van der Waals surface area contributed by atoms with Gasteiger partial charge < -0.3 is 10.1 Å². The quantitative estimate of drug-likeness (QED) is 0.721. The highest BCUT2D eigenvalue weighted by molar-refractivity contribution is 5.33. The third-order valence-corrected chi connectivity index (χ3v) is 2.38. The molecule has 82 valence electrons. The summed E-state index contributed by atoms with van der Waals surface area (Å²) >= 11 is 0. The maximum atomic E-state index is 5.27. The lowest BCUT2D eigenvalue weighted by atomic mass is 10.2. The first-order valence-electron chi connectivity index (χ1n) is 5.27. The van der Waals surface area contributed by atoms with Gasteiger partial charge in [-0.1, -0.05) is 37.3 Å². The van der Waals surface area contributed by atoms with Gasteiger partial charge in [-0.3, -0.25) is 0 Å². The summed E-state index contributed by atoms with van der Waals surface area (Å²) in [4.78, 5) is 0. The molecule has 0 aliphatic carbocycles. The fourth-order valence-electron chi connectivity index (χ4n) is 1.35. The SMILES string of the molecule is C=C(CC)CNCc1ccccc1OC. The summed E-state index contributed by atoms with van der Waals surface area (Å²) in [6, 6.07) is 8.05. The molecular weight excluding hydrogens is 186 g/mol. The molecule has 0 heterocycles. The van der Waals surface area contributed by atoms with Crippen molar-refractivity contribution >= 4 is 0 Å². The van der Waals surface area contributed by atoms with E-state index in [1.54, 1.807) is 7.11 Å². The van der Waals surface area contributed by atoms with E-state index >= 15 is 0 Å². The summed E-state index contributed by atoms with van der Waals surface area (Å²) in [6.45, 7) is 7.76. The van der Waals surface area contributed by atoms with Crippen molar-refractivity contribution < 1.29 is 4.74 Å². The van der Waals surface area contributed by atoms with Gasteiger partial charge in [0.2, 0.25) is 0 Å². The molecule has 15 heavy (non-hydrogen) atoms. The Balaban J connectivity index is 2.46. The second-order valence-corrected chi connectivity index (χ2v) is 3.52. The molecule has 0 saturated carbocycles. The van der Waals surface area contributed by atoms with E-state index in [0.29, 0.717) is 0 Å². The van der Waals surface area contributed by atoms with Gasteiger partial charge in [0.1, 0.15) is 5.75 Å². The third-order valence-electron chi connectivity index (χ3n) is 2.38. The molecule has 0 saturated heterocycles. The lowest BCUT2D eigenvalue weighted by Gasteiger charge is -2.09. The van der Waals surface area contributed by atoms with Crippen molar-refractivity contribution in [3.8, 4) is 5.75 Å². The number of benzene rings is 1. The van der Waals surface area contributed by atoms with E-state index in [1.807, 2.05) is 18.2 Å². The molecule has 1 aromatic carbocycles. The minimum Gasteiger partial charge on any atom is -0.496 e. The molecular formula is C13H19NO. The molecule has 0 atom stereocenters. The summed E-state index contributed by atoms with van der Waals surface area (Å²) < 4.78 is 5.27. The van der Waals surface area contributed by atoms with E-state index in [0.717, 1.165) is 25.3 Å². The van der Waals surface area contributed by atoms with Crippen molar-refractivity contribution in [3.05, 3.63) is 42.0 Å².